The van der Waals surface area contributed by atoms with Gasteiger partial charge in [0, 0.05) is 18.2 Å². The van der Waals surface area contributed by atoms with Gasteiger partial charge in [0.25, 0.3) is 5.91 Å². The first-order valence-corrected chi connectivity index (χ1v) is 7.56. The predicted molar refractivity (Wildman–Crippen MR) is 82.9 cm³/mol. The largest absolute Gasteiger partial charge is 0.349 e. The van der Waals surface area contributed by atoms with Crippen LogP contribution in [0, 0.1) is 17.2 Å². The minimum absolute atomic E-state index is 0.0323. The van der Waals surface area contributed by atoms with Crippen LogP contribution in [0.4, 0.5) is 0 Å². The highest BCUT2D eigenvalue weighted by atomic mass is 16.1. The lowest BCUT2D eigenvalue weighted by atomic mass is 9.84. The molecule has 0 spiro atoms. The van der Waals surface area contributed by atoms with E-state index in [1.54, 1.807) is 24.3 Å². The fourth-order valence-corrected chi connectivity index (χ4v) is 3.03. The van der Waals surface area contributed by atoms with Crippen LogP contribution in [-0.4, -0.2) is 37.5 Å². The Morgan fingerprint density at radius 1 is 1.29 bits per heavy atom. The van der Waals surface area contributed by atoms with E-state index < -0.39 is 0 Å². The number of nitrogens with one attached hydrogen (secondary N) is 1. The van der Waals surface area contributed by atoms with E-state index in [4.69, 9.17) is 5.26 Å². The van der Waals surface area contributed by atoms with Crippen molar-refractivity contribution in [3.05, 3.63) is 35.4 Å². The first-order valence-electron chi connectivity index (χ1n) is 7.56. The van der Waals surface area contributed by atoms with Gasteiger partial charge in [-0.2, -0.15) is 5.26 Å². The molecule has 0 aromatic heterocycles. The molecule has 0 bridgehead atoms. The van der Waals surface area contributed by atoms with Crippen molar-refractivity contribution in [2.75, 3.05) is 20.6 Å². The molecule has 4 nitrogen and oxygen atoms in total. The van der Waals surface area contributed by atoms with Crippen molar-refractivity contribution in [3.8, 4) is 6.07 Å². The second-order valence-corrected chi connectivity index (χ2v) is 6.08. The van der Waals surface area contributed by atoms with Crippen LogP contribution in [-0.2, 0) is 0 Å². The number of carbonyl (C=O) groups excluding carboxylic acids is 1. The van der Waals surface area contributed by atoms with Gasteiger partial charge in [0.15, 0.2) is 0 Å². The van der Waals surface area contributed by atoms with E-state index in [1.165, 1.54) is 19.3 Å². The third kappa shape index (κ3) is 4.30. The molecule has 21 heavy (non-hydrogen) atoms. The van der Waals surface area contributed by atoms with Gasteiger partial charge < -0.3 is 10.2 Å². The van der Waals surface area contributed by atoms with Crippen LogP contribution < -0.4 is 5.32 Å². The van der Waals surface area contributed by atoms with Crippen molar-refractivity contribution in [1.29, 1.82) is 5.26 Å². The monoisotopic (exact) mass is 285 g/mol. The van der Waals surface area contributed by atoms with Crippen molar-refractivity contribution in [3.63, 3.8) is 0 Å². The van der Waals surface area contributed by atoms with E-state index in [9.17, 15) is 4.79 Å². The Morgan fingerprint density at radius 2 is 1.95 bits per heavy atom. The normalized spacial score (nSPS) is 21.8. The van der Waals surface area contributed by atoms with Crippen molar-refractivity contribution in [2.45, 2.75) is 31.7 Å². The number of rotatable bonds is 4. The SMILES string of the molecule is CN(C)CC1CCCCC1NC(=O)c1ccc(C#N)cc1. The quantitative estimate of drug-likeness (QED) is 0.924. The lowest BCUT2D eigenvalue weighted by Crippen LogP contribution is -2.45. The molecule has 1 amide bonds. The summed E-state index contributed by atoms with van der Waals surface area (Å²) in [4.78, 5) is 14.5. The molecule has 4 heteroatoms. The van der Waals surface area contributed by atoms with E-state index in [0.717, 1.165) is 13.0 Å². The zero-order valence-electron chi connectivity index (χ0n) is 12.8. The molecule has 1 saturated carbocycles. The summed E-state index contributed by atoms with van der Waals surface area (Å²) in [6.45, 7) is 1.01. The van der Waals surface area contributed by atoms with E-state index >= 15 is 0 Å². The van der Waals surface area contributed by atoms with Crippen LogP contribution in [0.2, 0.25) is 0 Å². The molecule has 0 aliphatic heterocycles. The lowest BCUT2D eigenvalue weighted by Gasteiger charge is -2.34. The Morgan fingerprint density at radius 3 is 2.57 bits per heavy atom. The van der Waals surface area contributed by atoms with Gasteiger partial charge in [-0.05, 0) is 57.1 Å². The molecule has 1 aromatic rings. The standard InChI is InChI=1S/C17H23N3O/c1-20(2)12-15-5-3-4-6-16(15)19-17(21)14-9-7-13(11-18)8-10-14/h7-10,15-16H,3-6,12H2,1-2H3,(H,19,21). The van der Waals surface area contributed by atoms with Crippen molar-refractivity contribution >= 4 is 5.91 Å². The van der Waals surface area contributed by atoms with Gasteiger partial charge in [0.1, 0.15) is 0 Å². The molecule has 0 radical (unpaired) electrons. The number of nitrogens with zero attached hydrogens (tertiary/aromatic N) is 2. The minimum Gasteiger partial charge on any atom is -0.349 e. The van der Waals surface area contributed by atoms with Crippen LogP contribution in [0.5, 0.6) is 0 Å². The molecule has 1 aliphatic carbocycles. The number of hydrogen-bond donors (Lipinski definition) is 1. The van der Waals surface area contributed by atoms with Crippen molar-refractivity contribution in [1.82, 2.24) is 10.2 Å². The predicted octanol–water partition coefficient (Wildman–Crippen LogP) is 2.41. The van der Waals surface area contributed by atoms with E-state index in [0.29, 0.717) is 17.0 Å². The zero-order chi connectivity index (χ0) is 15.2. The highest BCUT2D eigenvalue weighted by molar-refractivity contribution is 5.94. The first kappa shape index (κ1) is 15.5. The van der Waals surface area contributed by atoms with Crippen LogP contribution in [0.3, 0.4) is 0 Å². The summed E-state index contributed by atoms with van der Waals surface area (Å²) in [5.41, 5.74) is 1.21. The third-order valence-corrected chi connectivity index (χ3v) is 4.10. The van der Waals surface area contributed by atoms with Gasteiger partial charge in [-0.3, -0.25) is 4.79 Å². The van der Waals surface area contributed by atoms with Gasteiger partial charge in [0.05, 0.1) is 11.6 Å². The second kappa shape index (κ2) is 7.24. The number of benzene rings is 1. The number of nitriles is 1. The smallest absolute Gasteiger partial charge is 0.251 e. The van der Waals surface area contributed by atoms with Crippen molar-refractivity contribution < 1.29 is 4.79 Å². The molecule has 1 N–H and O–H groups in total. The number of amides is 1. The summed E-state index contributed by atoms with van der Waals surface area (Å²) in [7, 11) is 4.15. The van der Waals surface area contributed by atoms with Crippen LogP contribution in [0.1, 0.15) is 41.6 Å². The molecule has 2 atom stereocenters. The Labute approximate surface area is 126 Å². The molecule has 1 aliphatic rings. The Hall–Kier alpha value is -1.86. The van der Waals surface area contributed by atoms with E-state index in [2.05, 4.69) is 30.4 Å². The highest BCUT2D eigenvalue weighted by Crippen LogP contribution is 2.25. The average molecular weight is 285 g/mol. The summed E-state index contributed by atoms with van der Waals surface area (Å²) >= 11 is 0. The van der Waals surface area contributed by atoms with Crippen LogP contribution >= 0.6 is 0 Å². The molecule has 1 aromatic carbocycles. The third-order valence-electron chi connectivity index (χ3n) is 4.10. The van der Waals surface area contributed by atoms with Crippen molar-refractivity contribution in [2.24, 2.45) is 5.92 Å². The molecule has 0 heterocycles. The molecule has 2 rings (SSSR count). The summed E-state index contributed by atoms with van der Waals surface area (Å²) < 4.78 is 0. The van der Waals surface area contributed by atoms with Gasteiger partial charge in [-0.25, -0.2) is 0 Å². The number of hydrogen-bond acceptors (Lipinski definition) is 3. The second-order valence-electron chi connectivity index (χ2n) is 6.08. The van der Waals surface area contributed by atoms with Gasteiger partial charge in [-0.15, -0.1) is 0 Å². The maximum absolute atomic E-state index is 12.3. The first-order chi connectivity index (χ1) is 10.1. The summed E-state index contributed by atoms with van der Waals surface area (Å²) in [5, 5.41) is 12.0. The molecular weight excluding hydrogens is 262 g/mol. The topological polar surface area (TPSA) is 56.1 Å². The number of carbonyl (C=O) groups is 1. The van der Waals surface area contributed by atoms with E-state index in [-0.39, 0.29) is 11.9 Å². The minimum atomic E-state index is -0.0323. The molecule has 112 valence electrons. The fourth-order valence-electron chi connectivity index (χ4n) is 3.03. The van der Waals surface area contributed by atoms with E-state index in [1.807, 2.05) is 0 Å². The maximum atomic E-state index is 12.3. The van der Waals surface area contributed by atoms with Gasteiger partial charge >= 0.3 is 0 Å². The van der Waals surface area contributed by atoms with Crippen LogP contribution in [0.25, 0.3) is 0 Å². The molecule has 1 fully saturated rings. The Balaban J connectivity index is 2.00. The lowest BCUT2D eigenvalue weighted by molar-refractivity contribution is 0.0895. The van der Waals surface area contributed by atoms with Gasteiger partial charge in [-0.1, -0.05) is 12.8 Å². The van der Waals surface area contributed by atoms with Crippen LogP contribution in [0.15, 0.2) is 24.3 Å². The molecule has 2 unspecified atom stereocenters. The summed E-state index contributed by atoms with van der Waals surface area (Å²) in [5.74, 6) is 0.492. The maximum Gasteiger partial charge on any atom is 0.251 e. The Bertz CT molecular complexity index is 516. The fraction of sp³-hybridized carbons (Fsp3) is 0.529. The molecular formula is C17H23N3O. The summed E-state index contributed by atoms with van der Waals surface area (Å²) in [6.07, 6.45) is 4.67. The average Bonchev–Trinajstić information content (AvgIpc) is 2.49. The Kier molecular flexibility index (Phi) is 5.35. The molecule has 0 saturated heterocycles. The summed E-state index contributed by atoms with van der Waals surface area (Å²) in [6, 6.07) is 9.13. The van der Waals surface area contributed by atoms with Gasteiger partial charge in [0.2, 0.25) is 0 Å². The zero-order valence-corrected chi connectivity index (χ0v) is 12.8. The highest BCUT2D eigenvalue weighted by Gasteiger charge is 2.27.